The van der Waals surface area contributed by atoms with Crippen molar-refractivity contribution in [3.05, 3.63) is 28.2 Å². The van der Waals surface area contributed by atoms with Crippen LogP contribution in [0.1, 0.15) is 32.8 Å². The Kier molecular flexibility index (Phi) is 6.00. The van der Waals surface area contributed by atoms with Crippen LogP contribution in [0.3, 0.4) is 0 Å². The van der Waals surface area contributed by atoms with Gasteiger partial charge in [0.25, 0.3) is 0 Å². The number of hydrogen-bond donors (Lipinski definition) is 1. The third kappa shape index (κ3) is 5.55. The minimum Gasteiger partial charge on any atom is -0.492 e. The lowest BCUT2D eigenvalue weighted by molar-refractivity contribution is 0.288. The van der Waals surface area contributed by atoms with Gasteiger partial charge in [-0.05, 0) is 59.3 Å². The van der Waals surface area contributed by atoms with E-state index in [0.717, 1.165) is 29.7 Å². The van der Waals surface area contributed by atoms with Gasteiger partial charge in [0, 0.05) is 6.04 Å². The molecule has 0 radical (unpaired) electrons. The van der Waals surface area contributed by atoms with Gasteiger partial charge in [-0.2, -0.15) is 0 Å². The molecular formula is C14H22BrNO. The van der Waals surface area contributed by atoms with Crippen LogP contribution in [0.5, 0.6) is 5.75 Å². The molecule has 2 nitrogen and oxygen atoms in total. The Labute approximate surface area is 113 Å². The van der Waals surface area contributed by atoms with Crippen molar-refractivity contribution in [2.24, 2.45) is 11.7 Å². The summed E-state index contributed by atoms with van der Waals surface area (Å²) >= 11 is 3.54. The number of nitrogens with two attached hydrogens (primary N) is 1. The van der Waals surface area contributed by atoms with Gasteiger partial charge >= 0.3 is 0 Å². The summed E-state index contributed by atoms with van der Waals surface area (Å²) in [5, 5.41) is 0. The van der Waals surface area contributed by atoms with E-state index in [-0.39, 0.29) is 6.04 Å². The van der Waals surface area contributed by atoms with Crippen molar-refractivity contribution < 1.29 is 4.74 Å². The average molecular weight is 300 g/mol. The summed E-state index contributed by atoms with van der Waals surface area (Å²) in [5.74, 6) is 1.59. The summed E-state index contributed by atoms with van der Waals surface area (Å²) in [6.45, 7) is 7.18. The van der Waals surface area contributed by atoms with E-state index in [1.807, 2.05) is 13.0 Å². The van der Waals surface area contributed by atoms with Gasteiger partial charge in [-0.25, -0.2) is 0 Å². The van der Waals surface area contributed by atoms with Crippen LogP contribution in [0.15, 0.2) is 22.7 Å². The molecule has 96 valence electrons. The summed E-state index contributed by atoms with van der Waals surface area (Å²) in [6, 6.07) is 6.38. The third-order valence-corrected chi connectivity index (χ3v) is 3.13. The highest BCUT2D eigenvalue weighted by atomic mass is 79.9. The quantitative estimate of drug-likeness (QED) is 0.868. The van der Waals surface area contributed by atoms with E-state index in [9.17, 15) is 0 Å². The fourth-order valence-corrected chi connectivity index (χ4v) is 2.11. The van der Waals surface area contributed by atoms with Crippen LogP contribution in [-0.2, 0) is 6.42 Å². The zero-order valence-corrected chi connectivity index (χ0v) is 12.5. The lowest BCUT2D eigenvalue weighted by Gasteiger charge is -2.11. The van der Waals surface area contributed by atoms with E-state index in [4.69, 9.17) is 10.5 Å². The molecule has 17 heavy (non-hydrogen) atoms. The molecule has 1 unspecified atom stereocenters. The van der Waals surface area contributed by atoms with Crippen LogP contribution in [0, 0.1) is 5.92 Å². The van der Waals surface area contributed by atoms with Crippen molar-refractivity contribution in [3.8, 4) is 5.75 Å². The van der Waals surface area contributed by atoms with Crippen molar-refractivity contribution in [1.82, 2.24) is 0 Å². The maximum Gasteiger partial charge on any atom is 0.133 e. The summed E-state index contributed by atoms with van der Waals surface area (Å²) in [7, 11) is 0. The first-order valence-corrected chi connectivity index (χ1v) is 6.95. The largest absolute Gasteiger partial charge is 0.492 e. The number of rotatable bonds is 6. The second kappa shape index (κ2) is 7.02. The molecule has 0 spiro atoms. The van der Waals surface area contributed by atoms with Gasteiger partial charge in [-0.15, -0.1) is 0 Å². The van der Waals surface area contributed by atoms with Crippen LogP contribution >= 0.6 is 15.9 Å². The van der Waals surface area contributed by atoms with Crippen LogP contribution < -0.4 is 10.5 Å². The molecule has 1 atom stereocenters. The first-order chi connectivity index (χ1) is 7.99. The molecule has 0 bridgehead atoms. The molecule has 0 saturated carbocycles. The highest BCUT2D eigenvalue weighted by Gasteiger charge is 2.05. The lowest BCUT2D eigenvalue weighted by Crippen LogP contribution is -2.17. The van der Waals surface area contributed by atoms with Crippen LogP contribution in [0.2, 0.25) is 0 Å². The number of ether oxygens (including phenoxy) is 1. The average Bonchev–Trinajstić information content (AvgIpc) is 2.20. The van der Waals surface area contributed by atoms with Crippen molar-refractivity contribution in [3.63, 3.8) is 0 Å². The predicted molar refractivity (Wildman–Crippen MR) is 76.4 cm³/mol. The highest BCUT2D eigenvalue weighted by molar-refractivity contribution is 9.10. The molecule has 0 aliphatic heterocycles. The Morgan fingerprint density at radius 3 is 2.53 bits per heavy atom. The zero-order chi connectivity index (χ0) is 12.8. The molecule has 0 saturated heterocycles. The summed E-state index contributed by atoms with van der Waals surface area (Å²) in [4.78, 5) is 0. The molecule has 2 N–H and O–H groups in total. The number of halogens is 1. The van der Waals surface area contributed by atoms with Crippen molar-refractivity contribution in [1.29, 1.82) is 0 Å². The van der Waals surface area contributed by atoms with E-state index in [1.165, 1.54) is 5.56 Å². The van der Waals surface area contributed by atoms with Gasteiger partial charge in [-0.1, -0.05) is 19.9 Å². The summed E-state index contributed by atoms with van der Waals surface area (Å²) in [6.07, 6.45) is 1.97. The molecular weight excluding hydrogens is 278 g/mol. The maximum atomic E-state index is 5.78. The molecule has 3 heteroatoms. The van der Waals surface area contributed by atoms with E-state index >= 15 is 0 Å². The SMILES string of the molecule is CC(C)CCOc1ccc(CC(C)N)cc1Br. The fraction of sp³-hybridized carbons (Fsp3) is 0.571. The van der Waals surface area contributed by atoms with Gasteiger partial charge in [0.05, 0.1) is 11.1 Å². The highest BCUT2D eigenvalue weighted by Crippen LogP contribution is 2.26. The fourth-order valence-electron chi connectivity index (χ4n) is 1.56. The van der Waals surface area contributed by atoms with E-state index in [0.29, 0.717) is 5.92 Å². The molecule has 1 aromatic carbocycles. The Morgan fingerprint density at radius 1 is 1.29 bits per heavy atom. The predicted octanol–water partition coefficient (Wildman–Crippen LogP) is 3.76. The lowest BCUT2D eigenvalue weighted by atomic mass is 10.1. The molecule has 1 rings (SSSR count). The molecule has 0 aliphatic carbocycles. The Balaban J connectivity index is 2.57. The Morgan fingerprint density at radius 2 is 2.00 bits per heavy atom. The van der Waals surface area contributed by atoms with E-state index < -0.39 is 0 Å². The normalized spacial score (nSPS) is 12.8. The van der Waals surface area contributed by atoms with Gasteiger partial charge in [0.2, 0.25) is 0 Å². The van der Waals surface area contributed by atoms with Crippen LogP contribution in [0.4, 0.5) is 0 Å². The second-order valence-electron chi connectivity index (χ2n) is 4.98. The number of hydrogen-bond acceptors (Lipinski definition) is 2. The molecule has 1 aromatic rings. The summed E-state index contributed by atoms with van der Waals surface area (Å²) in [5.41, 5.74) is 7.02. The minimum atomic E-state index is 0.189. The van der Waals surface area contributed by atoms with Crippen LogP contribution in [0.25, 0.3) is 0 Å². The van der Waals surface area contributed by atoms with E-state index in [2.05, 4.69) is 41.9 Å². The third-order valence-electron chi connectivity index (χ3n) is 2.51. The molecule has 0 amide bonds. The maximum absolute atomic E-state index is 5.78. The molecule has 0 aromatic heterocycles. The molecule has 0 heterocycles. The smallest absolute Gasteiger partial charge is 0.133 e. The van der Waals surface area contributed by atoms with Crippen LogP contribution in [-0.4, -0.2) is 12.6 Å². The molecule has 0 fully saturated rings. The Bertz CT molecular complexity index is 350. The zero-order valence-electron chi connectivity index (χ0n) is 10.9. The molecule has 0 aliphatic rings. The monoisotopic (exact) mass is 299 g/mol. The number of benzene rings is 1. The van der Waals surface area contributed by atoms with Crippen molar-refractivity contribution in [2.45, 2.75) is 39.7 Å². The van der Waals surface area contributed by atoms with Gasteiger partial charge < -0.3 is 10.5 Å². The topological polar surface area (TPSA) is 35.2 Å². The minimum absolute atomic E-state index is 0.189. The standard InChI is InChI=1S/C14H22BrNO/c1-10(2)6-7-17-14-5-4-12(8-11(3)16)9-13(14)15/h4-5,9-11H,6-8,16H2,1-3H3. The van der Waals surface area contributed by atoms with Crippen molar-refractivity contribution in [2.75, 3.05) is 6.61 Å². The first kappa shape index (κ1) is 14.5. The van der Waals surface area contributed by atoms with Crippen molar-refractivity contribution >= 4 is 15.9 Å². The first-order valence-electron chi connectivity index (χ1n) is 6.16. The van der Waals surface area contributed by atoms with Gasteiger partial charge in [0.15, 0.2) is 0 Å². The van der Waals surface area contributed by atoms with Gasteiger partial charge in [-0.3, -0.25) is 0 Å². The Hall–Kier alpha value is -0.540. The second-order valence-corrected chi connectivity index (χ2v) is 5.83. The van der Waals surface area contributed by atoms with E-state index in [1.54, 1.807) is 0 Å². The summed E-state index contributed by atoms with van der Waals surface area (Å²) < 4.78 is 6.74. The van der Waals surface area contributed by atoms with Gasteiger partial charge in [0.1, 0.15) is 5.75 Å².